The van der Waals surface area contributed by atoms with Gasteiger partial charge in [0.05, 0.1) is 0 Å². The van der Waals surface area contributed by atoms with Crippen molar-refractivity contribution in [1.29, 1.82) is 0 Å². The van der Waals surface area contributed by atoms with Crippen LogP contribution in [0.25, 0.3) is 0 Å². The maximum atomic E-state index is 2.73. The van der Waals surface area contributed by atoms with Gasteiger partial charge in [-0.25, -0.2) is 0 Å². The predicted octanol–water partition coefficient (Wildman–Crippen LogP) is 7.39. The van der Waals surface area contributed by atoms with Crippen molar-refractivity contribution < 1.29 is 0 Å². The first-order chi connectivity index (χ1) is 11.5. The van der Waals surface area contributed by atoms with E-state index in [9.17, 15) is 0 Å². The van der Waals surface area contributed by atoms with Crippen molar-refractivity contribution in [1.82, 2.24) is 0 Å². The molecule has 0 nitrogen and oxygen atoms in total. The highest BCUT2D eigenvalue weighted by Gasteiger charge is 2.58. The Kier molecular flexibility index (Phi) is 4.41. The Labute approximate surface area is 150 Å². The largest absolute Gasteiger partial charge is 0.0845 e. The van der Waals surface area contributed by atoms with Crippen molar-refractivity contribution in [2.24, 2.45) is 40.4 Å². The van der Waals surface area contributed by atoms with Crippen LogP contribution in [0.1, 0.15) is 98.3 Å². The van der Waals surface area contributed by atoms with Crippen molar-refractivity contribution in [3.05, 3.63) is 11.6 Å². The van der Waals surface area contributed by atoms with Gasteiger partial charge >= 0.3 is 0 Å². The zero-order chi connectivity index (χ0) is 16.9. The minimum absolute atomic E-state index is 0.579. The summed E-state index contributed by atoms with van der Waals surface area (Å²) >= 11 is 0. The summed E-state index contributed by atoms with van der Waals surface area (Å²) in [6, 6.07) is 0. The van der Waals surface area contributed by atoms with Gasteiger partial charge in [0.2, 0.25) is 0 Å². The van der Waals surface area contributed by atoms with E-state index >= 15 is 0 Å². The lowest BCUT2D eigenvalue weighted by molar-refractivity contribution is -0.0499. The Morgan fingerprint density at radius 2 is 1.92 bits per heavy atom. The van der Waals surface area contributed by atoms with Gasteiger partial charge in [0.15, 0.2) is 0 Å². The second-order valence-corrected chi connectivity index (χ2v) is 10.5. The predicted molar refractivity (Wildman–Crippen MR) is 104 cm³/mol. The van der Waals surface area contributed by atoms with Crippen molar-refractivity contribution in [3.63, 3.8) is 0 Å². The molecule has 0 aromatic rings. The summed E-state index contributed by atoms with van der Waals surface area (Å²) in [5, 5.41) is 0. The highest BCUT2D eigenvalue weighted by molar-refractivity contribution is 5.24. The van der Waals surface area contributed by atoms with Crippen LogP contribution >= 0.6 is 0 Å². The summed E-state index contributed by atoms with van der Waals surface area (Å²) in [6.45, 7) is 10.3. The van der Waals surface area contributed by atoms with Crippen molar-refractivity contribution in [2.45, 2.75) is 98.3 Å². The number of hydrogen-bond donors (Lipinski definition) is 0. The van der Waals surface area contributed by atoms with Crippen LogP contribution in [-0.4, -0.2) is 0 Å². The lowest BCUT2D eigenvalue weighted by Crippen LogP contribution is -2.50. The first-order valence-corrected chi connectivity index (χ1v) is 11.2. The molecule has 3 fully saturated rings. The molecule has 0 heteroatoms. The molecule has 24 heavy (non-hydrogen) atoms. The van der Waals surface area contributed by atoms with Gasteiger partial charge in [0.25, 0.3) is 0 Å². The molecule has 3 saturated carbocycles. The van der Waals surface area contributed by atoms with Crippen LogP contribution in [0.5, 0.6) is 0 Å². The van der Waals surface area contributed by atoms with E-state index in [1.54, 1.807) is 0 Å². The zero-order valence-electron chi connectivity index (χ0n) is 16.7. The van der Waals surface area contributed by atoms with Crippen LogP contribution < -0.4 is 0 Å². The molecule has 0 bridgehead atoms. The lowest BCUT2D eigenvalue weighted by atomic mass is 9.47. The molecule has 0 radical (unpaired) electrons. The van der Waals surface area contributed by atoms with E-state index in [2.05, 4.69) is 33.8 Å². The fourth-order valence-corrected chi connectivity index (χ4v) is 8.33. The number of fused-ring (bicyclic) bond motifs is 5. The molecule has 7 unspecified atom stereocenters. The Hall–Kier alpha value is -0.260. The van der Waals surface area contributed by atoms with Gasteiger partial charge in [0, 0.05) is 0 Å². The standard InChI is InChI=1S/C24H40/c1-5-8-17(2)20-12-13-21-19-11-10-18-9-6-7-15-23(18,3)22(19)14-16-24(20,21)4/h10,17,19-22H,5-9,11-16H2,1-4H3. The SMILES string of the molecule is CCCC(C)C1CCC2C3CC=C4CCCCC4(C)C3CCC12C. The molecular weight excluding hydrogens is 288 g/mol. The second-order valence-electron chi connectivity index (χ2n) is 10.5. The number of rotatable bonds is 3. The molecule has 4 aliphatic rings. The Morgan fingerprint density at radius 1 is 1.08 bits per heavy atom. The average molecular weight is 329 g/mol. The molecule has 0 spiro atoms. The maximum absolute atomic E-state index is 2.73. The molecule has 0 N–H and O–H groups in total. The van der Waals surface area contributed by atoms with E-state index in [0.717, 1.165) is 29.6 Å². The highest BCUT2D eigenvalue weighted by Crippen LogP contribution is 2.67. The monoisotopic (exact) mass is 328 g/mol. The van der Waals surface area contributed by atoms with Crippen LogP contribution in [0.15, 0.2) is 11.6 Å². The number of allylic oxidation sites excluding steroid dienone is 2. The smallest absolute Gasteiger partial charge is 0.00853 e. The first kappa shape index (κ1) is 17.2. The minimum Gasteiger partial charge on any atom is -0.0845 e. The van der Waals surface area contributed by atoms with E-state index in [-0.39, 0.29) is 0 Å². The van der Waals surface area contributed by atoms with E-state index < -0.39 is 0 Å². The van der Waals surface area contributed by atoms with Crippen LogP contribution in [0.2, 0.25) is 0 Å². The molecule has 136 valence electrons. The summed E-state index contributed by atoms with van der Waals surface area (Å²) < 4.78 is 0. The fourth-order valence-electron chi connectivity index (χ4n) is 8.33. The van der Waals surface area contributed by atoms with Gasteiger partial charge in [-0.05, 0) is 91.8 Å². The third-order valence-electron chi connectivity index (χ3n) is 9.52. The van der Waals surface area contributed by atoms with E-state index in [1.807, 2.05) is 5.57 Å². The molecule has 0 heterocycles. The van der Waals surface area contributed by atoms with Crippen LogP contribution in [0.3, 0.4) is 0 Å². The molecule has 4 aliphatic carbocycles. The average Bonchev–Trinajstić information content (AvgIpc) is 2.92. The molecule has 4 rings (SSSR count). The third kappa shape index (κ3) is 2.38. The molecule has 0 aromatic heterocycles. The second kappa shape index (κ2) is 6.17. The van der Waals surface area contributed by atoms with Crippen LogP contribution in [-0.2, 0) is 0 Å². The number of hydrogen-bond acceptors (Lipinski definition) is 0. The Bertz CT molecular complexity index is 502. The molecule has 0 saturated heterocycles. The van der Waals surface area contributed by atoms with Gasteiger partial charge in [0.1, 0.15) is 0 Å². The summed E-state index contributed by atoms with van der Waals surface area (Å²) in [5.41, 5.74) is 3.11. The van der Waals surface area contributed by atoms with Gasteiger partial charge < -0.3 is 0 Å². The highest BCUT2D eigenvalue weighted by atomic mass is 14.6. The fraction of sp³-hybridized carbons (Fsp3) is 0.917. The summed E-state index contributed by atoms with van der Waals surface area (Å²) in [4.78, 5) is 0. The summed E-state index contributed by atoms with van der Waals surface area (Å²) in [5.74, 6) is 5.00. The third-order valence-corrected chi connectivity index (χ3v) is 9.52. The van der Waals surface area contributed by atoms with Crippen molar-refractivity contribution in [2.75, 3.05) is 0 Å². The van der Waals surface area contributed by atoms with Gasteiger partial charge in [-0.2, -0.15) is 0 Å². The quantitative estimate of drug-likeness (QED) is 0.474. The normalized spacial score (nSPS) is 48.9. The lowest BCUT2D eigenvalue weighted by Gasteiger charge is -2.58. The first-order valence-electron chi connectivity index (χ1n) is 11.2. The molecule has 0 aliphatic heterocycles. The van der Waals surface area contributed by atoms with Crippen LogP contribution in [0, 0.1) is 40.4 Å². The molecule has 0 aromatic carbocycles. The molecule has 0 amide bonds. The molecule has 7 atom stereocenters. The van der Waals surface area contributed by atoms with E-state index in [0.29, 0.717) is 10.8 Å². The zero-order valence-corrected chi connectivity index (χ0v) is 16.7. The minimum atomic E-state index is 0.579. The van der Waals surface area contributed by atoms with Gasteiger partial charge in [-0.1, -0.05) is 58.6 Å². The van der Waals surface area contributed by atoms with E-state index in [4.69, 9.17) is 0 Å². The Morgan fingerprint density at radius 3 is 2.71 bits per heavy atom. The van der Waals surface area contributed by atoms with Crippen molar-refractivity contribution in [3.8, 4) is 0 Å². The summed E-state index contributed by atoms with van der Waals surface area (Å²) in [6.07, 6.45) is 18.9. The van der Waals surface area contributed by atoms with E-state index in [1.165, 1.54) is 70.6 Å². The summed E-state index contributed by atoms with van der Waals surface area (Å²) in [7, 11) is 0. The van der Waals surface area contributed by atoms with Gasteiger partial charge in [-0.3, -0.25) is 0 Å². The van der Waals surface area contributed by atoms with Crippen molar-refractivity contribution >= 4 is 0 Å². The topological polar surface area (TPSA) is 0 Å². The maximum Gasteiger partial charge on any atom is -0.00853 e. The molecular formula is C24H40. The van der Waals surface area contributed by atoms with Gasteiger partial charge in [-0.15, -0.1) is 0 Å². The van der Waals surface area contributed by atoms with Crippen LogP contribution in [0.4, 0.5) is 0 Å². The Balaban J connectivity index is 1.60.